The van der Waals surface area contributed by atoms with Gasteiger partial charge in [-0.05, 0) is 12.1 Å². The Morgan fingerprint density at radius 3 is 2.14 bits per heavy atom. The number of nitrogens with zero attached hydrogens (tertiary/aromatic N) is 5. The van der Waals surface area contributed by atoms with E-state index >= 15 is 0 Å². The number of hydrazone groups is 1. The van der Waals surface area contributed by atoms with Crippen LogP contribution in [0.1, 0.15) is 5.56 Å². The highest BCUT2D eigenvalue weighted by atomic mass is 32.1. The van der Waals surface area contributed by atoms with Crippen molar-refractivity contribution in [1.29, 1.82) is 0 Å². The van der Waals surface area contributed by atoms with Gasteiger partial charge in [-0.25, -0.2) is 10.1 Å². The van der Waals surface area contributed by atoms with Gasteiger partial charge in [-0.1, -0.05) is 90.2 Å². The number of rotatable bonds is 6. The highest BCUT2D eigenvalue weighted by molar-refractivity contribution is 7.18. The lowest BCUT2D eigenvalue weighted by Crippen LogP contribution is -2.32. The minimum Gasteiger partial charge on any atom is -0.292 e. The Morgan fingerprint density at radius 2 is 1.44 bits per heavy atom. The van der Waals surface area contributed by atoms with Crippen LogP contribution in [0.2, 0.25) is 0 Å². The molecule has 5 aromatic rings. The number of benzene rings is 3. The average molecular weight is 494 g/mol. The van der Waals surface area contributed by atoms with Gasteiger partial charge in [0.1, 0.15) is 10.7 Å². The van der Waals surface area contributed by atoms with Gasteiger partial charge >= 0.3 is 11.8 Å². The molecule has 0 aliphatic carbocycles. The summed E-state index contributed by atoms with van der Waals surface area (Å²) in [5, 5.41) is 19.9. The van der Waals surface area contributed by atoms with E-state index in [0.717, 1.165) is 16.8 Å². The zero-order valence-corrected chi connectivity index (χ0v) is 19.6. The highest BCUT2D eigenvalue weighted by Crippen LogP contribution is 2.26. The smallest absolute Gasteiger partial charge is 0.292 e. The molecule has 176 valence electrons. The summed E-state index contributed by atoms with van der Waals surface area (Å²) >= 11 is 1.17. The van der Waals surface area contributed by atoms with E-state index in [2.05, 4.69) is 31.1 Å². The second-order valence-corrected chi connectivity index (χ2v) is 8.49. The fourth-order valence-corrected chi connectivity index (χ4v) is 4.10. The van der Waals surface area contributed by atoms with Crippen molar-refractivity contribution in [2.24, 2.45) is 5.10 Å². The first-order valence-electron chi connectivity index (χ1n) is 10.9. The molecule has 2 N–H and O–H groups in total. The Hall–Kier alpha value is -4.96. The first-order valence-corrected chi connectivity index (χ1v) is 11.7. The van der Waals surface area contributed by atoms with Gasteiger partial charge in [-0.3, -0.25) is 14.9 Å². The maximum atomic E-state index is 12.3. The van der Waals surface area contributed by atoms with Crippen LogP contribution in [-0.2, 0) is 9.59 Å². The molecule has 2 aromatic heterocycles. The molecular weight excluding hydrogens is 474 g/mol. The molecule has 36 heavy (non-hydrogen) atoms. The lowest BCUT2D eigenvalue weighted by Gasteiger charge is -2.00. The number of carbonyl (C=O) groups is 2. The summed E-state index contributed by atoms with van der Waals surface area (Å²) in [5.41, 5.74) is 6.25. The van der Waals surface area contributed by atoms with E-state index in [0.29, 0.717) is 16.3 Å². The zero-order chi connectivity index (χ0) is 24.7. The maximum absolute atomic E-state index is 12.3. The average Bonchev–Trinajstić information content (AvgIpc) is 3.58. The molecule has 0 aliphatic rings. The number of amides is 2. The molecular formula is C26H19N7O2S. The predicted molar refractivity (Wildman–Crippen MR) is 139 cm³/mol. The van der Waals surface area contributed by atoms with Crippen molar-refractivity contribution in [3.63, 3.8) is 0 Å². The highest BCUT2D eigenvalue weighted by Gasteiger charge is 2.17. The first-order chi connectivity index (χ1) is 17.7. The molecule has 5 rings (SSSR count). The van der Waals surface area contributed by atoms with Crippen molar-refractivity contribution < 1.29 is 9.59 Å². The van der Waals surface area contributed by atoms with Crippen molar-refractivity contribution in [1.82, 2.24) is 25.4 Å². The fourth-order valence-electron chi connectivity index (χ4n) is 3.35. The molecule has 0 aliphatic heterocycles. The van der Waals surface area contributed by atoms with Crippen molar-refractivity contribution in [2.45, 2.75) is 0 Å². The van der Waals surface area contributed by atoms with Crippen molar-refractivity contribution in [2.75, 3.05) is 5.32 Å². The summed E-state index contributed by atoms with van der Waals surface area (Å²) in [6, 6.07) is 28.7. The Bertz CT molecular complexity index is 1510. The summed E-state index contributed by atoms with van der Waals surface area (Å²) in [7, 11) is 0. The van der Waals surface area contributed by atoms with Crippen LogP contribution in [0.15, 0.2) is 102 Å². The number of nitrogens with one attached hydrogen (secondary N) is 2. The molecule has 2 heterocycles. The fraction of sp³-hybridized carbons (Fsp3) is 0. The van der Waals surface area contributed by atoms with Gasteiger partial charge in [0.05, 0.1) is 11.9 Å². The van der Waals surface area contributed by atoms with Crippen molar-refractivity contribution >= 4 is 34.5 Å². The van der Waals surface area contributed by atoms with E-state index in [1.54, 1.807) is 10.9 Å². The topological polar surface area (TPSA) is 114 Å². The quantitative estimate of drug-likeness (QED) is 0.210. The van der Waals surface area contributed by atoms with Crippen molar-refractivity contribution in [3.05, 3.63) is 103 Å². The van der Waals surface area contributed by atoms with Crippen LogP contribution in [0.4, 0.5) is 5.13 Å². The first kappa shape index (κ1) is 22.8. The van der Waals surface area contributed by atoms with Gasteiger partial charge in [0.2, 0.25) is 5.13 Å². The zero-order valence-electron chi connectivity index (χ0n) is 18.8. The van der Waals surface area contributed by atoms with Crippen LogP contribution in [0.5, 0.6) is 0 Å². The largest absolute Gasteiger partial charge is 0.329 e. The second-order valence-electron chi connectivity index (χ2n) is 7.51. The van der Waals surface area contributed by atoms with E-state index in [1.165, 1.54) is 17.6 Å². The van der Waals surface area contributed by atoms with Crippen LogP contribution in [0.25, 0.3) is 27.5 Å². The van der Waals surface area contributed by atoms with Crippen LogP contribution < -0.4 is 10.7 Å². The standard InChI is InChI=1S/C26H19N7O2S/c34-23(28-26-31-30-25(36-26)19-12-6-2-7-13-19)24(35)29-27-16-20-17-33(21-14-8-3-9-15-21)32-22(20)18-10-4-1-5-11-18/h1-17H,(H,29,35)(H,28,31,34)/b27-16-. The van der Waals surface area contributed by atoms with E-state index < -0.39 is 11.8 Å². The third-order valence-electron chi connectivity index (χ3n) is 5.05. The number of para-hydroxylation sites is 1. The number of hydrogen-bond acceptors (Lipinski definition) is 7. The van der Waals surface area contributed by atoms with Crippen LogP contribution in [0, 0.1) is 0 Å². The normalized spacial score (nSPS) is 10.9. The molecule has 0 spiro atoms. The summed E-state index contributed by atoms with van der Waals surface area (Å²) in [4.78, 5) is 24.6. The Labute approximate surface area is 210 Å². The molecule has 0 fully saturated rings. The minimum absolute atomic E-state index is 0.216. The molecule has 3 aromatic carbocycles. The molecule has 2 amide bonds. The van der Waals surface area contributed by atoms with Crippen LogP contribution in [0.3, 0.4) is 0 Å². The summed E-state index contributed by atoms with van der Waals surface area (Å²) in [5.74, 6) is -1.83. The Kier molecular flexibility index (Phi) is 6.68. The van der Waals surface area contributed by atoms with Gasteiger partial charge in [0.25, 0.3) is 0 Å². The van der Waals surface area contributed by atoms with Gasteiger partial charge in [0, 0.05) is 22.9 Å². The van der Waals surface area contributed by atoms with Crippen LogP contribution >= 0.6 is 11.3 Å². The van der Waals surface area contributed by atoms with E-state index in [9.17, 15) is 9.59 Å². The third-order valence-corrected chi connectivity index (χ3v) is 5.94. The predicted octanol–water partition coefficient (Wildman–Crippen LogP) is 4.15. The number of aromatic nitrogens is 4. The van der Waals surface area contributed by atoms with Gasteiger partial charge < -0.3 is 0 Å². The lowest BCUT2D eigenvalue weighted by molar-refractivity contribution is -0.136. The van der Waals surface area contributed by atoms with E-state index in [4.69, 9.17) is 0 Å². The monoisotopic (exact) mass is 493 g/mol. The van der Waals surface area contributed by atoms with Crippen LogP contribution in [-0.4, -0.2) is 38.0 Å². The summed E-state index contributed by atoms with van der Waals surface area (Å²) in [6.45, 7) is 0. The molecule has 0 bridgehead atoms. The van der Waals surface area contributed by atoms with Crippen molar-refractivity contribution in [3.8, 4) is 27.5 Å². The Morgan fingerprint density at radius 1 is 0.806 bits per heavy atom. The second kappa shape index (κ2) is 10.5. The minimum atomic E-state index is -0.931. The summed E-state index contributed by atoms with van der Waals surface area (Å²) < 4.78 is 1.73. The molecule has 0 radical (unpaired) electrons. The molecule has 9 nitrogen and oxygen atoms in total. The van der Waals surface area contributed by atoms with Gasteiger partial charge in [-0.15, -0.1) is 10.2 Å². The molecule has 0 unspecified atom stereocenters. The third kappa shape index (κ3) is 5.24. The maximum Gasteiger partial charge on any atom is 0.329 e. The van der Waals surface area contributed by atoms with Gasteiger partial charge in [0.15, 0.2) is 0 Å². The Balaban J connectivity index is 1.28. The van der Waals surface area contributed by atoms with Gasteiger partial charge in [-0.2, -0.15) is 10.2 Å². The van der Waals surface area contributed by atoms with E-state index in [-0.39, 0.29) is 5.13 Å². The summed E-state index contributed by atoms with van der Waals surface area (Å²) in [6.07, 6.45) is 3.26. The van der Waals surface area contributed by atoms with E-state index in [1.807, 2.05) is 91.0 Å². The molecule has 0 saturated heterocycles. The SMILES string of the molecule is O=C(N/N=C\c1cn(-c2ccccc2)nc1-c1ccccc1)C(=O)Nc1nnc(-c2ccccc2)s1. The number of carbonyl (C=O) groups excluding carboxylic acids is 2. The number of hydrogen-bond donors (Lipinski definition) is 2. The lowest BCUT2D eigenvalue weighted by atomic mass is 10.1. The number of anilines is 1. The molecule has 0 saturated carbocycles. The molecule has 10 heteroatoms. The molecule has 0 atom stereocenters.